The molecule has 0 fully saturated rings. The Morgan fingerprint density at radius 2 is 1.00 bits per heavy atom. The maximum absolute atomic E-state index is 8.38. The first-order chi connectivity index (χ1) is 1.00. The van der Waals surface area contributed by atoms with E-state index in [1.165, 1.54) is 0 Å². The van der Waals surface area contributed by atoms with E-state index in [-0.39, 0.29) is 66.9 Å². The van der Waals surface area contributed by atoms with Crippen molar-refractivity contribution < 1.29 is 32.8 Å². The van der Waals surface area contributed by atoms with E-state index in [1.54, 1.807) is 0 Å². The van der Waals surface area contributed by atoms with Gasteiger partial charge in [-0.3, -0.25) is 0 Å². The second kappa shape index (κ2) is 46.2. The molecular formula is H2CaO3Zn. The molecule has 0 saturated heterocycles. The van der Waals surface area contributed by atoms with Crippen molar-refractivity contribution >= 4 is 37.7 Å². The fourth-order valence-corrected chi connectivity index (χ4v) is 0. The van der Waals surface area contributed by atoms with Crippen LogP contribution in [0.4, 0.5) is 0 Å². The van der Waals surface area contributed by atoms with Crippen molar-refractivity contribution in [1.29, 1.82) is 0 Å². The van der Waals surface area contributed by atoms with Crippen LogP contribution in [-0.2, 0) is 21.8 Å². The Labute approximate surface area is 69.7 Å². The van der Waals surface area contributed by atoms with Crippen molar-refractivity contribution in [3.63, 3.8) is 0 Å². The summed E-state index contributed by atoms with van der Waals surface area (Å²) in [5, 5.41) is 0. The molecule has 5 heavy (non-hydrogen) atoms. The summed E-state index contributed by atoms with van der Waals surface area (Å²) in [6, 6.07) is 0. The second-order valence-electron chi connectivity index (χ2n) is 0. The van der Waals surface area contributed by atoms with Crippen LogP contribution in [0.5, 0.6) is 0 Å². The van der Waals surface area contributed by atoms with Gasteiger partial charge in [0.1, 0.15) is 0 Å². The van der Waals surface area contributed by atoms with E-state index in [4.69, 9.17) is 3.57 Å². The Hall–Kier alpha value is 1.60. The molecule has 0 aliphatic rings. The van der Waals surface area contributed by atoms with Crippen LogP contribution < -0.4 is 0 Å². The molecule has 0 rings (SSSR count). The third-order valence-corrected chi connectivity index (χ3v) is 0. The molecule has 5 heteroatoms. The molecule has 0 saturated carbocycles. The molecule has 0 unspecified atom stereocenters. The molecule has 0 atom stereocenters. The fraction of sp³-hybridized carbons (Fsp3) is 0. The van der Waals surface area contributed by atoms with Gasteiger partial charge in [0.05, 0.1) is 0 Å². The van der Waals surface area contributed by atoms with Crippen molar-refractivity contribution in [1.82, 2.24) is 0 Å². The van der Waals surface area contributed by atoms with Crippen LogP contribution in [0.25, 0.3) is 0 Å². The molecule has 2 N–H and O–H groups in total. The molecule has 0 radical (unpaired) electrons. The average molecular weight is 155 g/mol. The number of rotatable bonds is 0. The standard InChI is InChI=1S/Ca.2H2O.O.Zn/h;2*1H2;;/q+2;;;;/p-2. The van der Waals surface area contributed by atoms with Gasteiger partial charge in [-0.15, -0.1) is 0 Å². The van der Waals surface area contributed by atoms with Crippen LogP contribution in [0.15, 0.2) is 0 Å². The Bertz CT molecular complexity index is 6.85. The summed E-state index contributed by atoms with van der Waals surface area (Å²) < 4.78 is 8.38. The molecular weight excluding hydrogens is 153 g/mol. The SMILES string of the molecule is [Ca+2].[OH-].[OH-].[O]=[Zn]. The van der Waals surface area contributed by atoms with Gasteiger partial charge >= 0.3 is 59.6 Å². The zero-order valence-electron chi connectivity index (χ0n) is 2.72. The summed E-state index contributed by atoms with van der Waals surface area (Å²) in [6.45, 7) is 0. The van der Waals surface area contributed by atoms with E-state index in [0.29, 0.717) is 0 Å². The molecule has 0 aliphatic carbocycles. The van der Waals surface area contributed by atoms with Gasteiger partial charge in [0, 0.05) is 0 Å². The van der Waals surface area contributed by atoms with Gasteiger partial charge in [0.15, 0.2) is 0 Å². The Morgan fingerprint density at radius 1 is 1.00 bits per heavy atom. The quantitative estimate of drug-likeness (QED) is 0.427. The molecule has 0 amide bonds. The van der Waals surface area contributed by atoms with Gasteiger partial charge in [-0.2, -0.15) is 0 Å². The van der Waals surface area contributed by atoms with Crippen LogP contribution in [0.2, 0.25) is 0 Å². The van der Waals surface area contributed by atoms with Gasteiger partial charge in [-0.25, -0.2) is 0 Å². The number of hydrogen-bond donors (Lipinski definition) is 0. The minimum absolute atomic E-state index is 0. The van der Waals surface area contributed by atoms with Gasteiger partial charge in [-0.05, 0) is 0 Å². The summed E-state index contributed by atoms with van der Waals surface area (Å²) in [5.74, 6) is 0. The summed E-state index contributed by atoms with van der Waals surface area (Å²) >= 11 is 0.125. The monoisotopic (exact) mass is 154 g/mol. The fourth-order valence-electron chi connectivity index (χ4n) is 0. The molecule has 24 valence electrons. The Kier molecular flexibility index (Phi) is 283. The topological polar surface area (TPSA) is 77.1 Å². The van der Waals surface area contributed by atoms with Crippen LogP contribution in [0.1, 0.15) is 0 Å². The second-order valence-corrected chi connectivity index (χ2v) is 0. The molecule has 0 aliphatic heterocycles. The van der Waals surface area contributed by atoms with Crippen LogP contribution in [0.3, 0.4) is 0 Å². The third-order valence-electron chi connectivity index (χ3n) is 0. The van der Waals surface area contributed by atoms with E-state index < -0.39 is 0 Å². The van der Waals surface area contributed by atoms with Crippen molar-refractivity contribution in [3.8, 4) is 0 Å². The van der Waals surface area contributed by atoms with E-state index in [9.17, 15) is 0 Å². The van der Waals surface area contributed by atoms with E-state index in [0.717, 1.165) is 0 Å². The molecule has 0 aromatic carbocycles. The van der Waals surface area contributed by atoms with Gasteiger partial charge in [-0.1, -0.05) is 0 Å². The zero-order valence-corrected chi connectivity index (χ0v) is 7.89. The Balaban J connectivity index is -0.00000000167. The van der Waals surface area contributed by atoms with Crippen LogP contribution in [-0.4, -0.2) is 48.7 Å². The van der Waals surface area contributed by atoms with Crippen molar-refractivity contribution in [3.05, 3.63) is 0 Å². The maximum atomic E-state index is 8.38. The first-order valence-electron chi connectivity index (χ1n) is 0.289. The van der Waals surface area contributed by atoms with E-state index >= 15 is 0 Å². The summed E-state index contributed by atoms with van der Waals surface area (Å²) in [7, 11) is 0. The first kappa shape index (κ1) is 30.6. The van der Waals surface area contributed by atoms with Gasteiger partial charge < -0.3 is 11.0 Å². The number of hydrogen-bond acceptors (Lipinski definition) is 3. The van der Waals surface area contributed by atoms with Crippen LogP contribution in [0, 0.1) is 0 Å². The third kappa shape index (κ3) is 28.3. The molecule has 0 aromatic heterocycles. The zero-order chi connectivity index (χ0) is 2.00. The predicted octanol–water partition coefficient (Wildman–Crippen LogP) is -0.856. The van der Waals surface area contributed by atoms with Crippen molar-refractivity contribution in [2.24, 2.45) is 0 Å². The molecule has 0 heterocycles. The van der Waals surface area contributed by atoms with Gasteiger partial charge in [0.25, 0.3) is 0 Å². The summed E-state index contributed by atoms with van der Waals surface area (Å²) in [5.41, 5.74) is 0. The predicted molar refractivity (Wildman–Crippen MR) is 10.3 cm³/mol. The van der Waals surface area contributed by atoms with Crippen molar-refractivity contribution in [2.75, 3.05) is 0 Å². The minimum atomic E-state index is 0. The van der Waals surface area contributed by atoms with Crippen LogP contribution >= 0.6 is 0 Å². The average Bonchev–Trinajstić information content (AvgIpc) is 1.00. The van der Waals surface area contributed by atoms with E-state index in [2.05, 4.69) is 0 Å². The molecule has 0 spiro atoms. The molecule has 0 bridgehead atoms. The molecule has 0 aromatic rings. The normalized spacial score (nSPS) is 1.20. The van der Waals surface area contributed by atoms with Gasteiger partial charge in [0.2, 0.25) is 0 Å². The molecule has 3 nitrogen and oxygen atoms in total. The summed E-state index contributed by atoms with van der Waals surface area (Å²) in [4.78, 5) is 0. The Morgan fingerprint density at radius 3 is 1.00 bits per heavy atom. The van der Waals surface area contributed by atoms with E-state index in [1.807, 2.05) is 0 Å². The van der Waals surface area contributed by atoms with Crippen molar-refractivity contribution in [2.45, 2.75) is 0 Å². The summed E-state index contributed by atoms with van der Waals surface area (Å²) in [6.07, 6.45) is 0. The first-order valence-corrected chi connectivity index (χ1v) is 1.50.